The number of hydrogen-bond acceptors (Lipinski definition) is 2. The molecule has 0 aliphatic carbocycles. The van der Waals surface area contributed by atoms with Gasteiger partial charge < -0.3 is 4.74 Å². The summed E-state index contributed by atoms with van der Waals surface area (Å²) in [6, 6.07) is 0. The number of carbonyl (C=O) groups excluding carboxylic acids is 1. The fraction of sp³-hybridized carbons (Fsp3) is 0.952. The molecule has 1 atom stereocenters. The molecule has 0 amide bonds. The van der Waals surface area contributed by atoms with Crippen LogP contribution in [0.15, 0.2) is 0 Å². The van der Waals surface area contributed by atoms with Crippen molar-refractivity contribution in [2.75, 3.05) is 5.33 Å². The van der Waals surface area contributed by atoms with Crippen molar-refractivity contribution in [1.29, 1.82) is 0 Å². The number of rotatable bonds is 18. The Kier molecular flexibility index (Phi) is 19.2. The smallest absolute Gasteiger partial charge is 0.306 e. The van der Waals surface area contributed by atoms with Gasteiger partial charge in [0.1, 0.15) is 0 Å². The topological polar surface area (TPSA) is 26.3 Å². The maximum absolute atomic E-state index is 11.8. The van der Waals surface area contributed by atoms with E-state index in [9.17, 15) is 4.79 Å². The molecule has 3 heteroatoms. The highest BCUT2D eigenvalue weighted by molar-refractivity contribution is 9.09. The van der Waals surface area contributed by atoms with Crippen LogP contribution in [0.5, 0.6) is 0 Å². The van der Waals surface area contributed by atoms with Gasteiger partial charge in [0.2, 0.25) is 0 Å². The molecule has 0 spiro atoms. The van der Waals surface area contributed by atoms with Crippen LogP contribution in [0.2, 0.25) is 0 Å². The van der Waals surface area contributed by atoms with Gasteiger partial charge in [0.15, 0.2) is 0 Å². The van der Waals surface area contributed by atoms with E-state index in [1.165, 1.54) is 83.5 Å². The second-order valence-corrected chi connectivity index (χ2v) is 7.92. The van der Waals surface area contributed by atoms with E-state index >= 15 is 0 Å². The summed E-state index contributed by atoms with van der Waals surface area (Å²) >= 11 is 3.47. The first-order valence-corrected chi connectivity index (χ1v) is 11.6. The second kappa shape index (κ2) is 19.3. The molecule has 0 saturated heterocycles. The van der Waals surface area contributed by atoms with Gasteiger partial charge in [-0.3, -0.25) is 4.79 Å². The Morgan fingerprint density at radius 1 is 0.792 bits per heavy atom. The molecule has 24 heavy (non-hydrogen) atoms. The minimum Gasteiger partial charge on any atom is -0.463 e. The number of esters is 1. The average molecular weight is 405 g/mol. The Bertz CT molecular complexity index is 269. The van der Waals surface area contributed by atoms with Gasteiger partial charge >= 0.3 is 5.97 Å². The van der Waals surface area contributed by atoms with Crippen LogP contribution < -0.4 is 0 Å². The second-order valence-electron chi connectivity index (χ2n) is 7.12. The highest BCUT2D eigenvalue weighted by Crippen LogP contribution is 2.13. The van der Waals surface area contributed by atoms with Crippen molar-refractivity contribution in [3.8, 4) is 0 Å². The van der Waals surface area contributed by atoms with E-state index < -0.39 is 0 Å². The summed E-state index contributed by atoms with van der Waals surface area (Å²) in [6.07, 6.45) is 19.6. The quantitative estimate of drug-likeness (QED) is 0.133. The molecule has 0 aliphatic heterocycles. The third kappa shape index (κ3) is 18.3. The zero-order valence-corrected chi connectivity index (χ0v) is 17.9. The molecule has 0 rings (SSSR count). The van der Waals surface area contributed by atoms with E-state index in [-0.39, 0.29) is 12.1 Å². The third-order valence-corrected chi connectivity index (χ3v) is 5.12. The Morgan fingerprint density at radius 2 is 1.29 bits per heavy atom. The van der Waals surface area contributed by atoms with Gasteiger partial charge in [-0.15, -0.1) is 0 Å². The van der Waals surface area contributed by atoms with Gasteiger partial charge in [-0.05, 0) is 32.6 Å². The summed E-state index contributed by atoms with van der Waals surface area (Å²) in [5.74, 6) is 0.00540. The van der Waals surface area contributed by atoms with Crippen LogP contribution in [-0.4, -0.2) is 17.4 Å². The Balaban J connectivity index is 3.30. The predicted octanol–water partition coefficient (Wildman–Crippen LogP) is 7.57. The molecule has 0 radical (unpaired) electrons. The van der Waals surface area contributed by atoms with Crippen LogP contribution in [0.3, 0.4) is 0 Å². The zero-order valence-electron chi connectivity index (χ0n) is 16.3. The SMILES string of the molecule is CCCCCCCC(C)OC(=O)CCCCCCCCCCCBr. The average Bonchev–Trinajstić information content (AvgIpc) is 2.56. The van der Waals surface area contributed by atoms with Gasteiger partial charge in [-0.2, -0.15) is 0 Å². The minimum atomic E-state index is 0.00540. The largest absolute Gasteiger partial charge is 0.463 e. The normalized spacial score (nSPS) is 12.3. The van der Waals surface area contributed by atoms with Gasteiger partial charge in [-0.25, -0.2) is 0 Å². The van der Waals surface area contributed by atoms with Crippen molar-refractivity contribution in [3.05, 3.63) is 0 Å². The summed E-state index contributed by atoms with van der Waals surface area (Å²) in [4.78, 5) is 11.8. The standard InChI is InChI=1S/C21H41BrO2/c1-3-4-5-11-14-17-20(2)24-21(23)18-15-12-9-7-6-8-10-13-16-19-22/h20H,3-19H2,1-2H3. The molecular weight excluding hydrogens is 364 g/mol. The number of hydrogen-bond donors (Lipinski definition) is 0. The summed E-state index contributed by atoms with van der Waals surface area (Å²) in [7, 11) is 0. The Hall–Kier alpha value is -0.0500. The van der Waals surface area contributed by atoms with Crippen LogP contribution >= 0.6 is 15.9 Å². The first-order chi connectivity index (χ1) is 11.7. The molecule has 0 fully saturated rings. The summed E-state index contributed by atoms with van der Waals surface area (Å²) in [5, 5.41) is 1.14. The van der Waals surface area contributed by atoms with Crippen LogP contribution in [-0.2, 0) is 9.53 Å². The molecule has 0 N–H and O–H groups in total. The van der Waals surface area contributed by atoms with Crippen molar-refractivity contribution in [2.24, 2.45) is 0 Å². The highest BCUT2D eigenvalue weighted by Gasteiger charge is 2.08. The summed E-state index contributed by atoms with van der Waals surface area (Å²) in [5.41, 5.74) is 0. The van der Waals surface area contributed by atoms with Gasteiger partial charge in [-0.1, -0.05) is 93.5 Å². The van der Waals surface area contributed by atoms with Crippen LogP contribution in [0.25, 0.3) is 0 Å². The molecule has 2 nitrogen and oxygen atoms in total. The molecular formula is C21H41BrO2. The maximum Gasteiger partial charge on any atom is 0.306 e. The summed E-state index contributed by atoms with van der Waals surface area (Å²) in [6.45, 7) is 4.27. The number of unbranched alkanes of at least 4 members (excludes halogenated alkanes) is 12. The molecule has 0 aromatic rings. The van der Waals surface area contributed by atoms with Gasteiger partial charge in [0, 0.05) is 11.8 Å². The van der Waals surface area contributed by atoms with Crippen molar-refractivity contribution in [3.63, 3.8) is 0 Å². The molecule has 0 bridgehead atoms. The Morgan fingerprint density at radius 3 is 1.88 bits per heavy atom. The molecule has 144 valence electrons. The minimum absolute atomic E-state index is 0.00540. The highest BCUT2D eigenvalue weighted by atomic mass is 79.9. The first kappa shape index (κ1) is 23.9. The number of halogens is 1. The number of ether oxygens (including phenoxy) is 1. The molecule has 0 aromatic carbocycles. The lowest BCUT2D eigenvalue weighted by Crippen LogP contribution is -2.14. The van der Waals surface area contributed by atoms with E-state index in [1.807, 2.05) is 6.92 Å². The van der Waals surface area contributed by atoms with Crippen LogP contribution in [0.1, 0.15) is 117 Å². The van der Waals surface area contributed by atoms with E-state index in [0.717, 1.165) is 18.2 Å². The molecule has 0 aromatic heterocycles. The number of carbonyl (C=O) groups is 1. The van der Waals surface area contributed by atoms with Gasteiger partial charge in [0.05, 0.1) is 6.10 Å². The summed E-state index contributed by atoms with van der Waals surface area (Å²) < 4.78 is 5.50. The van der Waals surface area contributed by atoms with Crippen LogP contribution in [0.4, 0.5) is 0 Å². The van der Waals surface area contributed by atoms with Crippen molar-refractivity contribution >= 4 is 21.9 Å². The van der Waals surface area contributed by atoms with E-state index in [0.29, 0.717) is 6.42 Å². The van der Waals surface area contributed by atoms with Crippen molar-refractivity contribution in [2.45, 2.75) is 123 Å². The van der Waals surface area contributed by atoms with Gasteiger partial charge in [0.25, 0.3) is 0 Å². The van der Waals surface area contributed by atoms with Crippen LogP contribution in [0, 0.1) is 0 Å². The maximum atomic E-state index is 11.8. The third-order valence-electron chi connectivity index (χ3n) is 4.56. The monoisotopic (exact) mass is 404 g/mol. The lowest BCUT2D eigenvalue weighted by atomic mass is 10.1. The zero-order chi connectivity index (χ0) is 17.9. The van der Waals surface area contributed by atoms with Crippen molar-refractivity contribution in [1.82, 2.24) is 0 Å². The first-order valence-electron chi connectivity index (χ1n) is 10.5. The molecule has 0 aliphatic rings. The van der Waals surface area contributed by atoms with E-state index in [2.05, 4.69) is 22.9 Å². The van der Waals surface area contributed by atoms with E-state index in [1.54, 1.807) is 0 Å². The fourth-order valence-electron chi connectivity index (χ4n) is 2.98. The fourth-order valence-corrected chi connectivity index (χ4v) is 3.38. The number of alkyl halides is 1. The molecule has 1 unspecified atom stereocenters. The molecule has 0 saturated carbocycles. The lowest BCUT2D eigenvalue weighted by Gasteiger charge is -2.13. The van der Waals surface area contributed by atoms with Crippen molar-refractivity contribution < 1.29 is 9.53 Å². The molecule has 0 heterocycles. The predicted molar refractivity (Wildman–Crippen MR) is 109 cm³/mol. The van der Waals surface area contributed by atoms with E-state index in [4.69, 9.17) is 4.74 Å². The Labute approximate surface area is 159 Å². The lowest BCUT2D eigenvalue weighted by molar-refractivity contribution is -0.148.